The molecule has 184 valence electrons. The molecular formula is C26H28BrN3O5. The highest BCUT2D eigenvalue weighted by Gasteiger charge is 2.23. The number of hydrogen-bond donors (Lipinski definition) is 1. The molecule has 1 atom stereocenters. The Bertz CT molecular complexity index is 1370. The van der Waals surface area contributed by atoms with Crippen molar-refractivity contribution in [2.75, 3.05) is 7.11 Å². The lowest BCUT2D eigenvalue weighted by Gasteiger charge is -2.21. The van der Waals surface area contributed by atoms with E-state index < -0.39 is 17.5 Å². The van der Waals surface area contributed by atoms with Gasteiger partial charge in [-0.2, -0.15) is 9.78 Å². The summed E-state index contributed by atoms with van der Waals surface area (Å²) in [6.45, 7) is 11.1. The highest BCUT2D eigenvalue weighted by Crippen LogP contribution is 2.34. The summed E-state index contributed by atoms with van der Waals surface area (Å²) in [6.07, 6.45) is 2.57. The first-order valence-corrected chi connectivity index (χ1v) is 11.7. The molecule has 0 spiro atoms. The van der Waals surface area contributed by atoms with Crippen LogP contribution in [0.4, 0.5) is 0 Å². The molecule has 0 bridgehead atoms. The molecule has 2 aromatic carbocycles. The van der Waals surface area contributed by atoms with Gasteiger partial charge in [0.1, 0.15) is 5.82 Å². The first-order valence-electron chi connectivity index (χ1n) is 10.9. The number of ether oxygens (including phenoxy) is 2. The van der Waals surface area contributed by atoms with E-state index in [9.17, 15) is 14.7 Å². The van der Waals surface area contributed by atoms with Crippen LogP contribution in [0.25, 0.3) is 10.9 Å². The topological polar surface area (TPSA) is 103 Å². The van der Waals surface area contributed by atoms with Gasteiger partial charge in [0.05, 0.1) is 24.2 Å². The van der Waals surface area contributed by atoms with Crippen molar-refractivity contribution < 1.29 is 19.4 Å². The molecule has 0 saturated carbocycles. The molecule has 35 heavy (non-hydrogen) atoms. The van der Waals surface area contributed by atoms with Crippen LogP contribution in [0.2, 0.25) is 0 Å². The molecule has 3 aromatic rings. The Morgan fingerprint density at radius 2 is 2.03 bits per heavy atom. The first-order chi connectivity index (χ1) is 16.5. The van der Waals surface area contributed by atoms with Crippen molar-refractivity contribution in [1.82, 2.24) is 9.66 Å². The zero-order chi connectivity index (χ0) is 25.9. The van der Waals surface area contributed by atoms with Gasteiger partial charge in [0.25, 0.3) is 5.56 Å². The van der Waals surface area contributed by atoms with Crippen molar-refractivity contribution in [2.24, 2.45) is 5.10 Å². The third kappa shape index (κ3) is 5.79. The fourth-order valence-electron chi connectivity index (χ4n) is 3.44. The Balaban J connectivity index is 2.17. The third-order valence-corrected chi connectivity index (χ3v) is 5.68. The Labute approximate surface area is 212 Å². The van der Waals surface area contributed by atoms with E-state index in [0.29, 0.717) is 45.8 Å². The number of carbonyl (C=O) groups is 1. The number of allylic oxidation sites excluding steroid dienone is 1. The van der Waals surface area contributed by atoms with Crippen LogP contribution in [0.5, 0.6) is 11.5 Å². The van der Waals surface area contributed by atoms with Crippen molar-refractivity contribution in [1.29, 1.82) is 0 Å². The van der Waals surface area contributed by atoms with Crippen LogP contribution in [0.15, 0.2) is 57.4 Å². The zero-order valence-electron chi connectivity index (χ0n) is 20.3. The largest absolute Gasteiger partial charge is 0.493 e. The van der Waals surface area contributed by atoms with Gasteiger partial charge >= 0.3 is 5.97 Å². The van der Waals surface area contributed by atoms with Crippen LogP contribution in [-0.4, -0.2) is 40.2 Å². The average Bonchev–Trinajstić information content (AvgIpc) is 2.79. The summed E-state index contributed by atoms with van der Waals surface area (Å²) in [5.41, 5.74) is 1.17. The van der Waals surface area contributed by atoms with Crippen LogP contribution < -0.4 is 15.0 Å². The van der Waals surface area contributed by atoms with Gasteiger partial charge in [0.2, 0.25) is 0 Å². The smallest absolute Gasteiger partial charge is 0.344 e. The number of halogens is 1. The number of methoxy groups -OCH3 is 1. The van der Waals surface area contributed by atoms with Crippen molar-refractivity contribution in [2.45, 2.75) is 45.6 Å². The molecule has 0 aliphatic rings. The molecule has 0 fully saturated rings. The number of rotatable bonds is 8. The molecular weight excluding hydrogens is 514 g/mol. The number of benzene rings is 2. The molecule has 1 heterocycles. The van der Waals surface area contributed by atoms with Crippen LogP contribution in [-0.2, 0) is 16.6 Å². The number of aromatic nitrogens is 2. The maximum atomic E-state index is 13.4. The minimum Gasteiger partial charge on any atom is -0.493 e. The van der Waals surface area contributed by atoms with Crippen molar-refractivity contribution in [3.8, 4) is 11.5 Å². The van der Waals surface area contributed by atoms with Crippen molar-refractivity contribution in [3.05, 3.63) is 74.8 Å². The normalized spacial score (nSPS) is 12.6. The summed E-state index contributed by atoms with van der Waals surface area (Å²) in [4.78, 5) is 29.4. The highest BCUT2D eigenvalue weighted by molar-refractivity contribution is 9.10. The van der Waals surface area contributed by atoms with E-state index in [1.165, 1.54) is 18.7 Å². The van der Waals surface area contributed by atoms with Crippen molar-refractivity contribution in [3.63, 3.8) is 0 Å². The van der Waals surface area contributed by atoms with E-state index in [0.717, 1.165) is 4.47 Å². The second-order valence-corrected chi connectivity index (χ2v) is 9.93. The second-order valence-electron chi connectivity index (χ2n) is 9.01. The molecule has 0 aliphatic carbocycles. The number of carboxylic acids is 1. The van der Waals surface area contributed by atoms with E-state index in [1.807, 2.05) is 26.8 Å². The number of fused-ring (bicyclic) bond motifs is 1. The molecule has 0 radical (unpaired) electrons. The molecule has 1 N–H and O–H groups in total. The minimum absolute atomic E-state index is 0.286. The summed E-state index contributed by atoms with van der Waals surface area (Å²) in [5.74, 6) is 0.0981. The number of aliphatic carboxylic acids is 1. The summed E-state index contributed by atoms with van der Waals surface area (Å²) < 4.78 is 13.2. The fourth-order valence-corrected chi connectivity index (χ4v) is 3.80. The van der Waals surface area contributed by atoms with Gasteiger partial charge in [0, 0.05) is 15.5 Å². The summed E-state index contributed by atoms with van der Waals surface area (Å²) in [6, 6.07) is 8.84. The molecule has 1 aromatic heterocycles. The van der Waals surface area contributed by atoms with Gasteiger partial charge in [-0.05, 0) is 49.2 Å². The molecule has 0 saturated heterocycles. The van der Waals surface area contributed by atoms with Crippen molar-refractivity contribution >= 4 is 39.0 Å². The zero-order valence-corrected chi connectivity index (χ0v) is 21.9. The van der Waals surface area contributed by atoms with Crippen LogP contribution >= 0.6 is 15.9 Å². The van der Waals surface area contributed by atoms with Gasteiger partial charge in [-0.15, -0.1) is 6.58 Å². The predicted octanol–water partition coefficient (Wildman–Crippen LogP) is 4.93. The standard InChI is InChI=1S/C26H28BrN3O5/c1-7-8-17-11-16(12-21(34-6)22(17)35-15(2)24(32)33)14-28-30-23(31)19-13-18(27)9-10-20(19)29-25(30)26(3,4)5/h7,9-15H,1,8H2,2-6H3,(H,32,33)/t15-/m0/s1. The maximum absolute atomic E-state index is 13.4. The Morgan fingerprint density at radius 3 is 2.63 bits per heavy atom. The number of nitrogens with zero attached hydrogens (tertiary/aromatic N) is 3. The Morgan fingerprint density at radius 1 is 1.31 bits per heavy atom. The van der Waals surface area contributed by atoms with Gasteiger partial charge < -0.3 is 14.6 Å². The summed E-state index contributed by atoms with van der Waals surface area (Å²) >= 11 is 3.41. The highest BCUT2D eigenvalue weighted by atomic mass is 79.9. The van der Waals surface area contributed by atoms with Gasteiger partial charge in [-0.3, -0.25) is 4.79 Å². The molecule has 9 heteroatoms. The lowest BCUT2D eigenvalue weighted by atomic mass is 9.95. The number of carboxylic acid groups (broad SMARTS) is 1. The fraction of sp³-hybridized carbons (Fsp3) is 0.308. The Hall–Kier alpha value is -3.46. The third-order valence-electron chi connectivity index (χ3n) is 5.18. The first kappa shape index (κ1) is 26.2. The summed E-state index contributed by atoms with van der Waals surface area (Å²) in [5, 5.41) is 14.2. The predicted molar refractivity (Wildman–Crippen MR) is 140 cm³/mol. The van der Waals surface area contributed by atoms with E-state index in [-0.39, 0.29) is 5.56 Å². The van der Waals surface area contributed by atoms with Gasteiger partial charge in [-0.25, -0.2) is 9.78 Å². The molecule has 0 aliphatic heterocycles. The van der Waals surface area contributed by atoms with E-state index in [4.69, 9.17) is 14.5 Å². The molecule has 8 nitrogen and oxygen atoms in total. The van der Waals surface area contributed by atoms with Crippen LogP contribution in [0, 0.1) is 0 Å². The summed E-state index contributed by atoms with van der Waals surface area (Å²) in [7, 11) is 1.47. The SMILES string of the molecule is C=CCc1cc(C=Nn2c(C(C)(C)C)nc3ccc(Br)cc3c2=O)cc(OC)c1O[C@@H](C)C(=O)O. The van der Waals surface area contributed by atoms with Crippen LogP contribution in [0.1, 0.15) is 44.6 Å². The lowest BCUT2D eigenvalue weighted by Crippen LogP contribution is -2.29. The van der Waals surface area contributed by atoms with Gasteiger partial charge in [-0.1, -0.05) is 42.8 Å². The van der Waals surface area contributed by atoms with E-state index >= 15 is 0 Å². The van der Waals surface area contributed by atoms with E-state index in [1.54, 1.807) is 36.6 Å². The van der Waals surface area contributed by atoms with Crippen LogP contribution in [0.3, 0.4) is 0 Å². The quantitative estimate of drug-likeness (QED) is 0.320. The monoisotopic (exact) mass is 541 g/mol. The maximum Gasteiger partial charge on any atom is 0.344 e. The molecule has 3 rings (SSSR count). The number of hydrogen-bond acceptors (Lipinski definition) is 6. The second kappa shape index (κ2) is 10.4. The minimum atomic E-state index is -1.09. The van der Waals surface area contributed by atoms with E-state index in [2.05, 4.69) is 27.6 Å². The average molecular weight is 542 g/mol. The van der Waals surface area contributed by atoms with Gasteiger partial charge in [0.15, 0.2) is 17.6 Å². The molecule has 0 unspecified atom stereocenters. The molecule has 0 amide bonds. The Kier molecular flexibility index (Phi) is 7.80. The lowest BCUT2D eigenvalue weighted by molar-refractivity contribution is -0.144.